The van der Waals surface area contributed by atoms with Gasteiger partial charge in [0, 0.05) is 5.39 Å². The first-order chi connectivity index (χ1) is 16.8. The van der Waals surface area contributed by atoms with Crippen molar-refractivity contribution in [3.63, 3.8) is 0 Å². The molecule has 188 valence electrons. The molecule has 0 spiro atoms. The molecule has 0 aliphatic carbocycles. The van der Waals surface area contributed by atoms with Crippen molar-refractivity contribution in [2.75, 3.05) is 5.32 Å². The molecular formula is C24H21BrF3N5O2S. The van der Waals surface area contributed by atoms with E-state index in [1.807, 2.05) is 6.92 Å². The fourth-order valence-corrected chi connectivity index (χ4v) is 5.12. The fourth-order valence-electron chi connectivity index (χ4n) is 3.86. The number of halogens is 4. The molecule has 4 aromatic rings. The minimum atomic E-state index is -4.72. The van der Waals surface area contributed by atoms with Crippen molar-refractivity contribution in [2.45, 2.75) is 39.9 Å². The predicted octanol–water partition coefficient (Wildman–Crippen LogP) is 6.16. The maximum atomic E-state index is 13.7. The smallest absolute Gasteiger partial charge is 0.365 e. The first-order valence-corrected chi connectivity index (χ1v) is 12.3. The number of amides is 2. The van der Waals surface area contributed by atoms with Crippen LogP contribution in [0.1, 0.15) is 45.3 Å². The third-order valence-corrected chi connectivity index (χ3v) is 8.02. The van der Waals surface area contributed by atoms with Crippen LogP contribution >= 0.6 is 27.3 Å². The van der Waals surface area contributed by atoms with Crippen molar-refractivity contribution < 1.29 is 22.8 Å². The average Bonchev–Trinajstić information content (AvgIpc) is 3.30. The van der Waals surface area contributed by atoms with Crippen molar-refractivity contribution in [1.29, 1.82) is 0 Å². The van der Waals surface area contributed by atoms with Crippen LogP contribution in [-0.4, -0.2) is 26.6 Å². The number of pyridine rings is 1. The maximum absolute atomic E-state index is 13.7. The average molecular weight is 580 g/mol. The normalized spacial score (nSPS) is 12.7. The maximum Gasteiger partial charge on any atom is 0.433 e. The van der Waals surface area contributed by atoms with Crippen LogP contribution in [0.4, 0.5) is 18.9 Å². The largest absolute Gasteiger partial charge is 0.433 e. The third kappa shape index (κ3) is 4.62. The summed E-state index contributed by atoms with van der Waals surface area (Å²) in [6, 6.07) is 6.99. The lowest BCUT2D eigenvalue weighted by Gasteiger charge is -2.16. The summed E-state index contributed by atoms with van der Waals surface area (Å²) in [6.07, 6.45) is -4.72. The quantitative estimate of drug-likeness (QED) is 0.295. The molecule has 0 fully saturated rings. The van der Waals surface area contributed by atoms with Gasteiger partial charge in [-0.1, -0.05) is 29.8 Å². The lowest BCUT2D eigenvalue weighted by molar-refractivity contribution is -0.140. The SMILES string of the molecule is Cc1ccc(-c2cc(C(F)(F)F)nc3sc(C(N)=O)c(NC(=O)C(C)n4nc(C)c(Br)c4C)c23)cc1. The van der Waals surface area contributed by atoms with E-state index in [1.165, 1.54) is 4.68 Å². The Morgan fingerprint density at radius 3 is 2.33 bits per heavy atom. The molecular weight excluding hydrogens is 559 g/mol. The number of hydrogen-bond donors (Lipinski definition) is 2. The minimum Gasteiger partial charge on any atom is -0.365 e. The molecule has 7 nitrogen and oxygen atoms in total. The molecule has 0 saturated heterocycles. The first-order valence-electron chi connectivity index (χ1n) is 10.7. The van der Waals surface area contributed by atoms with Crippen LogP contribution in [-0.2, 0) is 11.0 Å². The van der Waals surface area contributed by atoms with Gasteiger partial charge in [-0.05, 0) is 60.8 Å². The molecule has 1 aromatic carbocycles. The highest BCUT2D eigenvalue weighted by molar-refractivity contribution is 9.10. The molecule has 1 atom stereocenters. The number of rotatable bonds is 5. The zero-order chi connectivity index (χ0) is 26.5. The molecule has 3 aromatic heterocycles. The van der Waals surface area contributed by atoms with E-state index in [2.05, 4.69) is 31.3 Å². The van der Waals surface area contributed by atoms with E-state index in [-0.39, 0.29) is 26.3 Å². The van der Waals surface area contributed by atoms with E-state index in [1.54, 1.807) is 45.0 Å². The van der Waals surface area contributed by atoms with E-state index in [0.717, 1.165) is 21.8 Å². The Labute approximate surface area is 216 Å². The molecule has 4 rings (SSSR count). The van der Waals surface area contributed by atoms with Crippen LogP contribution in [0.5, 0.6) is 0 Å². The number of aromatic nitrogens is 3. The Bertz CT molecular complexity index is 1510. The third-order valence-electron chi connectivity index (χ3n) is 5.77. The van der Waals surface area contributed by atoms with Gasteiger partial charge in [0.1, 0.15) is 21.4 Å². The number of thiophene rings is 1. The van der Waals surface area contributed by atoms with Crippen LogP contribution in [0.2, 0.25) is 0 Å². The van der Waals surface area contributed by atoms with Gasteiger partial charge in [0.05, 0.1) is 21.5 Å². The van der Waals surface area contributed by atoms with Gasteiger partial charge in [-0.3, -0.25) is 14.3 Å². The van der Waals surface area contributed by atoms with Gasteiger partial charge >= 0.3 is 6.18 Å². The van der Waals surface area contributed by atoms with Crippen molar-refractivity contribution in [1.82, 2.24) is 14.8 Å². The summed E-state index contributed by atoms with van der Waals surface area (Å²) in [4.78, 5) is 29.2. The number of fused-ring (bicyclic) bond motifs is 1. The summed E-state index contributed by atoms with van der Waals surface area (Å²) in [5.74, 6) is -1.41. The standard InChI is InChI=1S/C24H21BrF3N5O2S/c1-10-5-7-14(8-6-10)15-9-16(24(26,27)28)30-23-17(15)19(20(36-23)21(29)34)31-22(35)13(4)33-12(3)18(25)11(2)32-33/h5-9,13H,1-4H3,(H2,29,34)(H,31,35). The molecule has 3 N–H and O–H groups in total. The Morgan fingerprint density at radius 1 is 1.17 bits per heavy atom. The summed E-state index contributed by atoms with van der Waals surface area (Å²) in [5, 5.41) is 7.31. The molecule has 1 unspecified atom stereocenters. The van der Waals surface area contributed by atoms with Crippen LogP contribution in [0.15, 0.2) is 34.8 Å². The Hall–Kier alpha value is -3.25. The van der Waals surface area contributed by atoms with Gasteiger partial charge in [-0.25, -0.2) is 4.98 Å². The molecule has 36 heavy (non-hydrogen) atoms. The first kappa shape index (κ1) is 25.8. The Morgan fingerprint density at radius 2 is 1.81 bits per heavy atom. The van der Waals surface area contributed by atoms with Gasteiger partial charge in [-0.15, -0.1) is 11.3 Å². The van der Waals surface area contributed by atoms with Crippen LogP contribution < -0.4 is 11.1 Å². The van der Waals surface area contributed by atoms with E-state index in [0.29, 0.717) is 22.6 Å². The number of nitrogens with zero attached hydrogens (tertiary/aromatic N) is 3. The lowest BCUT2D eigenvalue weighted by atomic mass is 10.00. The summed E-state index contributed by atoms with van der Waals surface area (Å²) < 4.78 is 43.3. The summed E-state index contributed by atoms with van der Waals surface area (Å²) in [5.41, 5.74) is 7.46. The molecule has 0 saturated carbocycles. The van der Waals surface area contributed by atoms with Gasteiger partial charge in [0.25, 0.3) is 5.91 Å². The molecule has 0 aliphatic heterocycles. The topological polar surface area (TPSA) is 103 Å². The fraction of sp³-hybridized carbons (Fsp3) is 0.250. The van der Waals surface area contributed by atoms with Crippen LogP contribution in [0.3, 0.4) is 0 Å². The number of alkyl halides is 3. The number of hydrogen-bond acceptors (Lipinski definition) is 5. The number of carbonyl (C=O) groups excluding carboxylic acids is 2. The summed E-state index contributed by atoms with van der Waals surface area (Å²) in [6.45, 7) is 7.06. The van der Waals surface area contributed by atoms with E-state index < -0.39 is 29.7 Å². The highest BCUT2D eigenvalue weighted by Gasteiger charge is 2.35. The molecule has 12 heteroatoms. The number of nitrogens with one attached hydrogen (secondary N) is 1. The monoisotopic (exact) mass is 579 g/mol. The summed E-state index contributed by atoms with van der Waals surface area (Å²) >= 11 is 4.13. The number of nitrogens with two attached hydrogens (primary N) is 1. The number of primary amides is 1. The minimum absolute atomic E-state index is 0.0248. The zero-order valence-electron chi connectivity index (χ0n) is 19.6. The van der Waals surface area contributed by atoms with Crippen LogP contribution in [0.25, 0.3) is 21.3 Å². The van der Waals surface area contributed by atoms with E-state index in [4.69, 9.17) is 5.73 Å². The van der Waals surface area contributed by atoms with Gasteiger partial charge in [0.15, 0.2) is 0 Å². The van der Waals surface area contributed by atoms with Gasteiger partial charge in [-0.2, -0.15) is 18.3 Å². The van der Waals surface area contributed by atoms with E-state index >= 15 is 0 Å². The predicted molar refractivity (Wildman–Crippen MR) is 136 cm³/mol. The lowest BCUT2D eigenvalue weighted by Crippen LogP contribution is -2.26. The molecule has 3 heterocycles. The summed E-state index contributed by atoms with van der Waals surface area (Å²) in [7, 11) is 0. The van der Waals surface area contributed by atoms with Crippen molar-refractivity contribution in [3.05, 3.63) is 62.3 Å². The van der Waals surface area contributed by atoms with Gasteiger partial charge < -0.3 is 11.1 Å². The second-order valence-corrected chi connectivity index (χ2v) is 10.2. The van der Waals surface area contributed by atoms with Crippen molar-refractivity contribution in [2.24, 2.45) is 5.73 Å². The van der Waals surface area contributed by atoms with Crippen molar-refractivity contribution in [3.8, 4) is 11.1 Å². The highest BCUT2D eigenvalue weighted by atomic mass is 79.9. The van der Waals surface area contributed by atoms with Gasteiger partial charge in [0.2, 0.25) is 5.91 Å². The Balaban J connectivity index is 1.92. The second-order valence-electron chi connectivity index (χ2n) is 8.36. The number of aryl methyl sites for hydroxylation is 2. The molecule has 2 amide bonds. The van der Waals surface area contributed by atoms with Crippen molar-refractivity contribution >= 4 is 55.0 Å². The molecule has 0 bridgehead atoms. The number of anilines is 1. The number of benzene rings is 1. The highest BCUT2D eigenvalue weighted by Crippen LogP contribution is 2.44. The Kier molecular flexibility index (Phi) is 6.69. The van der Waals surface area contributed by atoms with Crippen LogP contribution in [0, 0.1) is 20.8 Å². The second kappa shape index (κ2) is 9.32. The molecule has 0 radical (unpaired) electrons. The zero-order valence-corrected chi connectivity index (χ0v) is 22.0. The number of carbonyl (C=O) groups is 2. The molecule has 0 aliphatic rings. The van der Waals surface area contributed by atoms with E-state index in [9.17, 15) is 22.8 Å².